The molecular formula is C20H24FN3O4S. The molecule has 156 valence electrons. The maximum absolute atomic E-state index is 13.9. The van der Waals surface area contributed by atoms with Crippen LogP contribution < -0.4 is 19.1 Å². The summed E-state index contributed by atoms with van der Waals surface area (Å²) in [5.74, 6) is 0.791. The number of sulfonamides is 1. The minimum atomic E-state index is -3.63. The summed E-state index contributed by atoms with van der Waals surface area (Å²) in [7, 11) is -3.63. The van der Waals surface area contributed by atoms with E-state index in [1.165, 1.54) is 18.2 Å². The molecule has 0 aliphatic carbocycles. The number of benzene rings is 2. The number of anilines is 1. The van der Waals surface area contributed by atoms with Crippen LogP contribution in [0.25, 0.3) is 0 Å². The number of halogens is 1. The van der Waals surface area contributed by atoms with Crippen LogP contribution in [-0.4, -0.2) is 65.8 Å². The van der Waals surface area contributed by atoms with Crippen LogP contribution in [0.1, 0.15) is 0 Å². The van der Waals surface area contributed by atoms with Gasteiger partial charge in [0.1, 0.15) is 19.0 Å². The molecule has 2 aromatic carbocycles. The van der Waals surface area contributed by atoms with Crippen molar-refractivity contribution < 1.29 is 22.3 Å². The fraction of sp³-hybridized carbons (Fsp3) is 0.400. The first-order valence-corrected chi connectivity index (χ1v) is 11.1. The molecule has 2 aromatic rings. The van der Waals surface area contributed by atoms with Gasteiger partial charge in [0, 0.05) is 45.3 Å². The second-order valence-electron chi connectivity index (χ2n) is 6.98. The number of ether oxygens (including phenoxy) is 2. The topological polar surface area (TPSA) is 71.1 Å². The highest BCUT2D eigenvalue weighted by Crippen LogP contribution is 2.32. The summed E-state index contributed by atoms with van der Waals surface area (Å²) in [5.41, 5.74) is 0.617. The predicted molar refractivity (Wildman–Crippen MR) is 108 cm³/mol. The molecule has 29 heavy (non-hydrogen) atoms. The number of hydrogen-bond donors (Lipinski definition) is 1. The Balaban J connectivity index is 1.28. The van der Waals surface area contributed by atoms with Gasteiger partial charge in [-0.15, -0.1) is 0 Å². The second kappa shape index (κ2) is 8.56. The smallest absolute Gasteiger partial charge is 0.240 e. The van der Waals surface area contributed by atoms with Crippen molar-refractivity contribution in [1.82, 2.24) is 9.62 Å². The predicted octanol–water partition coefficient (Wildman–Crippen LogP) is 1.70. The van der Waals surface area contributed by atoms with Crippen molar-refractivity contribution in [1.29, 1.82) is 0 Å². The molecule has 0 saturated carbocycles. The van der Waals surface area contributed by atoms with E-state index in [1.807, 2.05) is 11.0 Å². The van der Waals surface area contributed by atoms with Crippen molar-refractivity contribution in [2.75, 3.05) is 57.4 Å². The van der Waals surface area contributed by atoms with Gasteiger partial charge in [-0.05, 0) is 24.3 Å². The molecule has 4 rings (SSSR count). The highest BCUT2D eigenvalue weighted by molar-refractivity contribution is 7.89. The van der Waals surface area contributed by atoms with Crippen LogP contribution in [0.3, 0.4) is 0 Å². The highest BCUT2D eigenvalue weighted by atomic mass is 32.2. The standard InChI is InChI=1S/C20H24FN3O4S/c21-17-3-1-2-4-18(17)24-11-9-23(10-12-24)8-7-22-29(25,26)16-5-6-19-20(15-16)28-14-13-27-19/h1-6,15,22H,7-14H2. The van der Waals surface area contributed by atoms with Gasteiger partial charge >= 0.3 is 0 Å². The van der Waals surface area contributed by atoms with Crippen molar-refractivity contribution >= 4 is 15.7 Å². The molecule has 0 aromatic heterocycles. The average molecular weight is 421 g/mol. The third kappa shape index (κ3) is 4.63. The van der Waals surface area contributed by atoms with Crippen LogP contribution in [0.5, 0.6) is 11.5 Å². The maximum atomic E-state index is 13.9. The highest BCUT2D eigenvalue weighted by Gasteiger charge is 2.21. The Labute approximate surface area is 170 Å². The molecule has 1 saturated heterocycles. The molecule has 1 N–H and O–H groups in total. The van der Waals surface area contributed by atoms with Gasteiger partial charge in [-0.2, -0.15) is 0 Å². The SMILES string of the molecule is O=S(=O)(NCCN1CCN(c2ccccc2F)CC1)c1ccc2c(c1)OCCO2. The number of para-hydroxylation sites is 1. The molecule has 1 fully saturated rings. The number of fused-ring (bicyclic) bond motifs is 1. The van der Waals surface area contributed by atoms with Gasteiger partial charge in [-0.25, -0.2) is 17.5 Å². The van der Waals surface area contributed by atoms with E-state index in [4.69, 9.17) is 9.47 Å². The van der Waals surface area contributed by atoms with Crippen LogP contribution in [-0.2, 0) is 10.0 Å². The monoisotopic (exact) mass is 421 g/mol. The van der Waals surface area contributed by atoms with Crippen LogP contribution in [0.4, 0.5) is 10.1 Å². The molecule has 7 nitrogen and oxygen atoms in total. The van der Waals surface area contributed by atoms with Crippen LogP contribution >= 0.6 is 0 Å². The second-order valence-corrected chi connectivity index (χ2v) is 8.75. The molecule has 0 atom stereocenters. The van der Waals surface area contributed by atoms with E-state index in [0.717, 1.165) is 13.1 Å². The van der Waals surface area contributed by atoms with Crippen molar-refractivity contribution in [3.8, 4) is 11.5 Å². The molecule has 2 aliphatic heterocycles. The Kier molecular flexibility index (Phi) is 5.89. The van der Waals surface area contributed by atoms with E-state index in [0.29, 0.717) is 56.6 Å². The van der Waals surface area contributed by atoms with Crippen molar-refractivity contribution in [2.24, 2.45) is 0 Å². The maximum Gasteiger partial charge on any atom is 0.240 e. The van der Waals surface area contributed by atoms with E-state index in [2.05, 4.69) is 9.62 Å². The summed E-state index contributed by atoms with van der Waals surface area (Å²) in [6.45, 7) is 4.67. The van der Waals surface area contributed by atoms with Gasteiger partial charge in [0.25, 0.3) is 0 Å². The summed E-state index contributed by atoms with van der Waals surface area (Å²) < 4.78 is 52.6. The Morgan fingerprint density at radius 1 is 0.966 bits per heavy atom. The van der Waals surface area contributed by atoms with E-state index in [9.17, 15) is 12.8 Å². The van der Waals surface area contributed by atoms with E-state index in [1.54, 1.807) is 18.2 Å². The van der Waals surface area contributed by atoms with Crippen molar-refractivity contribution in [3.05, 3.63) is 48.3 Å². The minimum Gasteiger partial charge on any atom is -0.486 e. The van der Waals surface area contributed by atoms with Gasteiger partial charge in [0.05, 0.1) is 10.6 Å². The number of piperazine rings is 1. The Hall–Kier alpha value is -2.36. The first-order valence-electron chi connectivity index (χ1n) is 9.64. The largest absolute Gasteiger partial charge is 0.486 e. The van der Waals surface area contributed by atoms with Crippen LogP contribution in [0.15, 0.2) is 47.4 Å². The van der Waals surface area contributed by atoms with E-state index >= 15 is 0 Å². The summed E-state index contributed by atoms with van der Waals surface area (Å²) in [5, 5.41) is 0. The zero-order valence-electron chi connectivity index (χ0n) is 16.0. The fourth-order valence-electron chi connectivity index (χ4n) is 3.53. The third-order valence-corrected chi connectivity index (χ3v) is 6.57. The van der Waals surface area contributed by atoms with E-state index < -0.39 is 10.0 Å². The first kappa shape index (κ1) is 19.9. The van der Waals surface area contributed by atoms with Gasteiger partial charge in [-0.1, -0.05) is 12.1 Å². The molecular weight excluding hydrogens is 397 g/mol. The molecule has 0 amide bonds. The molecule has 0 spiro atoms. The van der Waals surface area contributed by atoms with Gasteiger partial charge < -0.3 is 14.4 Å². The number of rotatable bonds is 6. The minimum absolute atomic E-state index is 0.158. The van der Waals surface area contributed by atoms with Crippen molar-refractivity contribution in [2.45, 2.75) is 4.90 Å². The third-order valence-electron chi connectivity index (χ3n) is 5.11. The van der Waals surface area contributed by atoms with Gasteiger partial charge in [0.15, 0.2) is 11.5 Å². The Bertz CT molecular complexity index is 962. The lowest BCUT2D eigenvalue weighted by Gasteiger charge is -2.36. The zero-order valence-corrected chi connectivity index (χ0v) is 16.8. The van der Waals surface area contributed by atoms with Crippen LogP contribution in [0.2, 0.25) is 0 Å². The fourth-order valence-corrected chi connectivity index (χ4v) is 4.57. The number of hydrogen-bond acceptors (Lipinski definition) is 6. The number of nitrogens with one attached hydrogen (secondary N) is 1. The Morgan fingerprint density at radius 3 is 2.45 bits per heavy atom. The first-order chi connectivity index (χ1) is 14.0. The summed E-state index contributed by atoms with van der Waals surface area (Å²) >= 11 is 0. The van der Waals surface area contributed by atoms with Crippen LogP contribution in [0, 0.1) is 5.82 Å². The quantitative estimate of drug-likeness (QED) is 0.766. The average Bonchev–Trinajstić information content (AvgIpc) is 2.74. The lowest BCUT2D eigenvalue weighted by Crippen LogP contribution is -2.48. The summed E-state index contributed by atoms with van der Waals surface area (Å²) in [4.78, 5) is 4.35. The lowest BCUT2D eigenvalue weighted by molar-refractivity contribution is 0.171. The molecule has 2 aliphatic rings. The zero-order chi connectivity index (χ0) is 20.3. The molecule has 2 heterocycles. The normalized spacial score (nSPS) is 17.3. The Morgan fingerprint density at radius 2 is 1.69 bits per heavy atom. The number of nitrogens with zero attached hydrogens (tertiary/aromatic N) is 2. The summed E-state index contributed by atoms with van der Waals surface area (Å²) in [6.07, 6.45) is 0. The van der Waals surface area contributed by atoms with Gasteiger partial charge in [0.2, 0.25) is 10.0 Å². The van der Waals surface area contributed by atoms with Gasteiger partial charge in [-0.3, -0.25) is 4.90 Å². The summed E-state index contributed by atoms with van der Waals surface area (Å²) in [6, 6.07) is 11.4. The molecule has 9 heteroatoms. The molecule has 0 unspecified atom stereocenters. The molecule has 0 radical (unpaired) electrons. The lowest BCUT2D eigenvalue weighted by atomic mass is 10.2. The van der Waals surface area contributed by atoms with E-state index in [-0.39, 0.29) is 10.7 Å². The van der Waals surface area contributed by atoms with Crippen molar-refractivity contribution in [3.63, 3.8) is 0 Å². The molecule has 0 bridgehead atoms.